The Morgan fingerprint density at radius 2 is 0.679 bits per heavy atom. The highest BCUT2D eigenvalue weighted by molar-refractivity contribution is 7.99. The van der Waals surface area contributed by atoms with Crippen LogP contribution in [0, 0.1) is 52.2 Å². The number of carbonyl (C=O) groups is 4. The van der Waals surface area contributed by atoms with Crippen molar-refractivity contribution >= 4 is 76.7 Å². The highest BCUT2D eigenvalue weighted by atomic mass is 32.2. The zero-order valence-corrected chi connectivity index (χ0v) is 74.6. The van der Waals surface area contributed by atoms with Crippen molar-refractivity contribution in [3.63, 3.8) is 0 Å². The molecule has 0 fully saturated rings. The van der Waals surface area contributed by atoms with Gasteiger partial charge >= 0.3 is 24.0 Å². The number of carbonyl (C=O) groups excluding carboxylic acids is 3. The molecule has 29 heteroatoms. The molecule has 0 saturated heterocycles. The fourth-order valence-electron chi connectivity index (χ4n) is 12.8. The molecule has 0 aliphatic rings. The van der Waals surface area contributed by atoms with Gasteiger partial charge in [0.1, 0.15) is 52.1 Å². The van der Waals surface area contributed by atoms with E-state index >= 15 is 0 Å². The van der Waals surface area contributed by atoms with E-state index in [1.54, 1.807) is 49.4 Å². The van der Waals surface area contributed by atoms with Crippen LogP contribution in [0.1, 0.15) is 92.9 Å². The number of anilines is 1. The summed E-state index contributed by atoms with van der Waals surface area (Å²) in [5, 5.41) is 51.0. The number of aromatic amines is 4. The number of methoxy groups -OCH3 is 1. The Morgan fingerprint density at radius 3 is 1.01 bits per heavy atom. The quantitative estimate of drug-likeness (QED) is 0.0142. The largest absolute Gasteiger partial charge is 0.481 e. The summed E-state index contributed by atoms with van der Waals surface area (Å²) in [5.41, 5.74) is 15.0. The zero-order valence-electron chi connectivity index (χ0n) is 71.3. The first-order chi connectivity index (χ1) is 63.4. The summed E-state index contributed by atoms with van der Waals surface area (Å²) < 4.78 is 15.0. The van der Waals surface area contributed by atoms with Crippen LogP contribution >= 0.6 is 47.0 Å². The number of carboxylic acids is 1. The Labute approximate surface area is 769 Å². The number of nitriles is 4. The van der Waals surface area contributed by atoms with Crippen LogP contribution in [0.25, 0.3) is 89.5 Å². The molecule has 4 aromatic heterocycles. The SMILES string of the molecule is CC(C)(C)OC(=O)Nc1cccc(-c2ccc(-c3nc(SCc4ccccc4)[nH]c(=O)c3C#N)cc2)c1.CCOC(=O)c1ccc(CSc2nc(-c3ccc(-c4ccccc4)cc3)c(C#N)c(=O)[nH]2)cc1.COC(=O)c1ccc(CSc2nc(-c3ccc(-c4ccccc4)cc3)c(C#N)c(=O)[nH]2)cc1.Cc1ccc(-c2ccc(-c3nc(SCC(=O)O)[nH]c(=O)c3C#N)cc2)cc1. The maximum absolute atomic E-state index is 12.6. The van der Waals surface area contributed by atoms with Gasteiger partial charge < -0.3 is 39.3 Å². The molecule has 0 radical (unpaired) electrons. The maximum Gasteiger partial charge on any atom is 0.412 e. The average Bonchev–Trinajstić information content (AvgIpc) is 0.809. The zero-order chi connectivity index (χ0) is 92.9. The minimum atomic E-state index is -1.02. The summed E-state index contributed by atoms with van der Waals surface area (Å²) in [6.07, 6.45) is -0.523. The van der Waals surface area contributed by atoms with Gasteiger partial charge in [-0.05, 0) is 132 Å². The Balaban J connectivity index is 0.000000159. The van der Waals surface area contributed by atoms with Crippen LogP contribution < -0.4 is 27.6 Å². The molecule has 0 aliphatic carbocycles. The molecule has 0 saturated carbocycles. The number of nitrogens with one attached hydrogen (secondary N) is 5. The van der Waals surface area contributed by atoms with Crippen LogP contribution in [0.2, 0.25) is 0 Å². The lowest BCUT2D eigenvalue weighted by Crippen LogP contribution is -2.27. The third-order valence-corrected chi connectivity index (χ3v) is 22.9. The Hall–Kier alpha value is -16.0. The predicted octanol–water partition coefficient (Wildman–Crippen LogP) is 20.6. The summed E-state index contributed by atoms with van der Waals surface area (Å²) in [4.78, 5) is 125. The number of hydrogen-bond acceptors (Lipinski definition) is 23. The molecule has 1 amide bonds. The van der Waals surface area contributed by atoms with Gasteiger partial charge in [-0.3, -0.25) is 29.3 Å². The van der Waals surface area contributed by atoms with Crippen LogP contribution in [0.3, 0.4) is 0 Å². The van der Waals surface area contributed by atoms with E-state index in [-0.39, 0.29) is 44.8 Å². The third-order valence-electron chi connectivity index (χ3n) is 19.3. The van der Waals surface area contributed by atoms with Gasteiger partial charge in [0.2, 0.25) is 0 Å². The topological polar surface area (TPSA) is 406 Å². The van der Waals surface area contributed by atoms with Gasteiger partial charge in [0.25, 0.3) is 22.2 Å². The molecule has 6 N–H and O–H groups in total. The Bertz CT molecular complexity index is 7040. The number of esters is 2. The van der Waals surface area contributed by atoms with Crippen molar-refractivity contribution in [2.75, 3.05) is 24.8 Å². The Morgan fingerprint density at radius 1 is 0.382 bits per heavy atom. The molecule has 0 unspecified atom stereocenters. The second-order valence-electron chi connectivity index (χ2n) is 29.6. The third kappa shape index (κ3) is 26.1. The highest BCUT2D eigenvalue weighted by Gasteiger charge is 2.22. The molecule has 0 aliphatic heterocycles. The molecule has 15 rings (SSSR count). The smallest absolute Gasteiger partial charge is 0.412 e. The molecular formula is C102H81N13O12S4. The van der Waals surface area contributed by atoms with E-state index in [4.69, 9.17) is 19.3 Å². The van der Waals surface area contributed by atoms with E-state index in [0.29, 0.717) is 95.5 Å². The molecule has 650 valence electrons. The van der Waals surface area contributed by atoms with Crippen molar-refractivity contribution < 1.29 is 38.5 Å². The van der Waals surface area contributed by atoms with E-state index in [2.05, 4.69) is 45.2 Å². The number of benzene rings is 11. The number of nitrogens with zero attached hydrogens (tertiary/aromatic N) is 8. The lowest BCUT2D eigenvalue weighted by Gasteiger charge is -2.19. The number of rotatable bonds is 24. The maximum atomic E-state index is 12.6. The molecule has 11 aromatic carbocycles. The van der Waals surface area contributed by atoms with E-state index in [1.807, 2.05) is 295 Å². The van der Waals surface area contributed by atoms with E-state index in [9.17, 15) is 59.4 Å². The molecule has 0 atom stereocenters. The summed E-state index contributed by atoms with van der Waals surface area (Å²) in [5.74, 6) is -0.302. The fraction of sp³-hybridized carbons (Fsp3) is 0.118. The number of hydrogen-bond donors (Lipinski definition) is 6. The summed E-state index contributed by atoms with van der Waals surface area (Å²) in [6.45, 7) is 9.54. The first-order valence-electron chi connectivity index (χ1n) is 40.4. The molecule has 131 heavy (non-hydrogen) atoms. The van der Waals surface area contributed by atoms with Gasteiger partial charge in [0, 0.05) is 45.2 Å². The fourth-order valence-corrected chi connectivity index (χ4v) is 15.8. The van der Waals surface area contributed by atoms with Gasteiger partial charge in [0.15, 0.2) is 20.6 Å². The van der Waals surface area contributed by atoms with Gasteiger partial charge in [-0.15, -0.1) is 0 Å². The second kappa shape index (κ2) is 45.4. The summed E-state index contributed by atoms with van der Waals surface area (Å²) in [7, 11) is 1.34. The van der Waals surface area contributed by atoms with Crippen LogP contribution in [-0.4, -0.2) is 94.1 Å². The van der Waals surface area contributed by atoms with Crippen molar-refractivity contribution in [2.45, 2.75) is 78.1 Å². The number of thioether (sulfide) groups is 4. The van der Waals surface area contributed by atoms with Crippen LogP contribution in [0.4, 0.5) is 10.5 Å². The van der Waals surface area contributed by atoms with Crippen LogP contribution in [0.15, 0.2) is 325 Å². The van der Waals surface area contributed by atoms with E-state index < -0.39 is 45.9 Å². The number of aromatic nitrogens is 8. The number of H-pyrrole nitrogens is 4. The highest BCUT2D eigenvalue weighted by Crippen LogP contribution is 2.34. The first kappa shape index (κ1) is 94.1. The molecule has 0 bridgehead atoms. The molecule has 0 spiro atoms. The van der Waals surface area contributed by atoms with Crippen LogP contribution in [0.5, 0.6) is 0 Å². The predicted molar refractivity (Wildman–Crippen MR) is 510 cm³/mol. The molecule has 25 nitrogen and oxygen atoms in total. The number of ether oxygens (including phenoxy) is 3. The lowest BCUT2D eigenvalue weighted by molar-refractivity contribution is -0.133. The minimum Gasteiger partial charge on any atom is -0.481 e. The Kier molecular flexibility index (Phi) is 32.6. The molecular weight excluding hydrogens is 1730 g/mol. The van der Waals surface area contributed by atoms with Crippen LogP contribution in [-0.2, 0) is 36.3 Å². The summed E-state index contributed by atoms with van der Waals surface area (Å²) >= 11 is 4.99. The van der Waals surface area contributed by atoms with Crippen molar-refractivity contribution in [3.05, 3.63) is 382 Å². The monoisotopic (exact) mass is 1810 g/mol. The standard InChI is InChI=1S/C29H26N4O3S.C27H21N3O3S.C26H19N3O3S.C20H15N3O3S/c1-29(2,3)36-28(35)31-23-11-7-10-22(16-23)20-12-14-21(15-13-20)25-24(17-30)26(34)33-27(32-25)37-18-19-8-5-4-6-9-19;1-2-33-26(32)22-10-8-18(9-11-22)17-34-27-29-24(23(16-28)25(31)30-27)21-14-12-20(13-15-21)19-6-4-3-5-7-19;1-32-25(31)21-9-7-17(8-10-21)16-33-26-28-23(22(15-27)24(30)29-26)20-13-11-19(12-14-20)18-5-3-2-4-6-18;1-12-2-4-13(5-3-12)14-6-8-15(9-7-14)18-16(10-21)19(26)23-20(22-18)27-11-17(24)25/h4-16H,18H2,1-3H3,(H,31,35)(H,32,33,34);3-15H,2,17H2,1H3,(H,29,30,31);2-14H,16H2,1H3,(H,28,29,30);2-9H,11H2,1H3,(H,24,25)(H,22,23,26). The number of aliphatic carboxylic acids is 1. The lowest BCUT2D eigenvalue weighted by atomic mass is 10.0. The molecule has 4 heterocycles. The number of amides is 1. The van der Waals surface area contributed by atoms with Crippen molar-refractivity contribution in [1.82, 2.24) is 39.9 Å². The molecule has 15 aromatic rings. The van der Waals surface area contributed by atoms with E-state index in [0.717, 1.165) is 73.0 Å². The second-order valence-corrected chi connectivity index (χ2v) is 33.4. The van der Waals surface area contributed by atoms with Gasteiger partial charge in [-0.1, -0.05) is 301 Å². The van der Waals surface area contributed by atoms with Crippen molar-refractivity contribution in [3.8, 4) is 114 Å². The number of aryl methyl sites for hydroxylation is 1. The summed E-state index contributed by atoms with van der Waals surface area (Å²) in [6, 6.07) is 97.3. The first-order valence-corrected chi connectivity index (χ1v) is 44.4. The van der Waals surface area contributed by atoms with Gasteiger partial charge in [-0.25, -0.2) is 34.3 Å². The van der Waals surface area contributed by atoms with Gasteiger partial charge in [0.05, 0.1) is 53.4 Å². The van der Waals surface area contributed by atoms with Crippen molar-refractivity contribution in [2.24, 2.45) is 0 Å². The van der Waals surface area contributed by atoms with Gasteiger partial charge in [-0.2, -0.15) is 21.0 Å². The normalized spacial score (nSPS) is 10.6. The van der Waals surface area contributed by atoms with E-state index in [1.165, 1.54) is 48.0 Å². The number of carboxylic acid groups (broad SMARTS) is 1. The van der Waals surface area contributed by atoms with Crippen molar-refractivity contribution in [1.29, 1.82) is 21.0 Å². The average molecular weight is 1810 g/mol. The minimum absolute atomic E-state index is 0.0180.